The van der Waals surface area contributed by atoms with Crippen LogP contribution < -0.4 is 9.80 Å². The van der Waals surface area contributed by atoms with Gasteiger partial charge in [0.1, 0.15) is 5.82 Å². The van der Waals surface area contributed by atoms with Gasteiger partial charge in [-0.25, -0.2) is 4.98 Å². The first-order valence-electron chi connectivity index (χ1n) is 13.0. The van der Waals surface area contributed by atoms with Gasteiger partial charge in [-0.05, 0) is 65.7 Å². The molecule has 5 rings (SSSR count). The van der Waals surface area contributed by atoms with Crippen molar-refractivity contribution in [3.63, 3.8) is 0 Å². The number of Topliss-reactive ketones (excluding diaryl/α,β-unsaturated/α-hetero) is 2. The summed E-state index contributed by atoms with van der Waals surface area (Å²) in [5, 5.41) is 0. The maximum absolute atomic E-state index is 13.0. The first-order valence-corrected chi connectivity index (χ1v) is 13.0. The standard InChI is InChI=1S/C33H32N4O2/c1-36(2)27-13-8-22(9-14-27)19-32(39)25-6-5-7-26(21-25)33-34-29-17-10-23(18-30(29)35-33)20-31(38)24-11-15-28(16-12-24)37(3)4/h5-18,21H,19-20H2,1-4H3,(H,34,35). The maximum Gasteiger partial charge on any atom is 0.167 e. The predicted molar refractivity (Wildman–Crippen MR) is 159 cm³/mol. The average molecular weight is 517 g/mol. The molecule has 1 aromatic heterocycles. The molecule has 5 aromatic rings. The van der Waals surface area contributed by atoms with Crippen LogP contribution in [0.2, 0.25) is 0 Å². The van der Waals surface area contributed by atoms with Crippen molar-refractivity contribution in [1.82, 2.24) is 9.97 Å². The van der Waals surface area contributed by atoms with Gasteiger partial charge in [-0.3, -0.25) is 9.59 Å². The maximum atomic E-state index is 13.0. The van der Waals surface area contributed by atoms with Gasteiger partial charge in [-0.2, -0.15) is 0 Å². The topological polar surface area (TPSA) is 69.3 Å². The molecular weight excluding hydrogens is 484 g/mol. The minimum atomic E-state index is 0.0602. The smallest absolute Gasteiger partial charge is 0.167 e. The van der Waals surface area contributed by atoms with Gasteiger partial charge in [0.05, 0.1) is 11.0 Å². The van der Waals surface area contributed by atoms with Crippen LogP contribution in [0.25, 0.3) is 22.4 Å². The third-order valence-electron chi connectivity index (χ3n) is 6.89. The molecule has 0 aliphatic carbocycles. The molecule has 0 saturated heterocycles. The van der Waals surface area contributed by atoms with Crippen LogP contribution in [0.4, 0.5) is 11.4 Å². The lowest BCUT2D eigenvalue weighted by Gasteiger charge is -2.12. The highest BCUT2D eigenvalue weighted by atomic mass is 16.1. The highest BCUT2D eigenvalue weighted by molar-refractivity contribution is 5.99. The van der Waals surface area contributed by atoms with Crippen molar-refractivity contribution in [1.29, 1.82) is 0 Å². The highest BCUT2D eigenvalue weighted by Gasteiger charge is 2.13. The zero-order chi connectivity index (χ0) is 27.5. The molecule has 1 N–H and O–H groups in total. The zero-order valence-electron chi connectivity index (χ0n) is 22.7. The average Bonchev–Trinajstić information content (AvgIpc) is 3.37. The molecule has 0 aliphatic heterocycles. The van der Waals surface area contributed by atoms with Crippen molar-refractivity contribution in [2.75, 3.05) is 38.0 Å². The van der Waals surface area contributed by atoms with E-state index >= 15 is 0 Å². The van der Waals surface area contributed by atoms with E-state index in [9.17, 15) is 9.59 Å². The Bertz CT molecular complexity index is 1630. The molecule has 0 spiro atoms. The van der Waals surface area contributed by atoms with Gasteiger partial charge in [0.15, 0.2) is 11.6 Å². The summed E-state index contributed by atoms with van der Waals surface area (Å²) in [6.45, 7) is 0. The van der Waals surface area contributed by atoms with Crippen LogP contribution in [0.3, 0.4) is 0 Å². The number of carbonyl (C=O) groups is 2. The Kier molecular flexibility index (Phi) is 7.28. The highest BCUT2D eigenvalue weighted by Crippen LogP contribution is 2.24. The van der Waals surface area contributed by atoms with E-state index in [0.29, 0.717) is 29.8 Å². The number of aromatic nitrogens is 2. The Hall–Kier alpha value is -4.71. The number of hydrogen-bond acceptors (Lipinski definition) is 5. The van der Waals surface area contributed by atoms with Gasteiger partial charge in [0.2, 0.25) is 0 Å². The number of nitrogens with one attached hydrogen (secondary N) is 1. The number of rotatable bonds is 9. The molecule has 4 aromatic carbocycles. The first kappa shape index (κ1) is 25.9. The molecule has 39 heavy (non-hydrogen) atoms. The summed E-state index contributed by atoms with van der Waals surface area (Å²) in [6.07, 6.45) is 0.650. The molecule has 0 aliphatic rings. The summed E-state index contributed by atoms with van der Waals surface area (Å²) >= 11 is 0. The van der Waals surface area contributed by atoms with Crippen LogP contribution >= 0.6 is 0 Å². The summed E-state index contributed by atoms with van der Waals surface area (Å²) in [5.41, 5.74) is 7.92. The molecule has 0 atom stereocenters. The summed E-state index contributed by atoms with van der Waals surface area (Å²) in [7, 11) is 7.94. The fraction of sp³-hybridized carbons (Fsp3) is 0.182. The third-order valence-corrected chi connectivity index (χ3v) is 6.89. The van der Waals surface area contributed by atoms with Crippen molar-refractivity contribution in [3.8, 4) is 11.4 Å². The molecule has 1 heterocycles. The second-order valence-electron chi connectivity index (χ2n) is 10.2. The summed E-state index contributed by atoms with van der Waals surface area (Å²) in [6, 6.07) is 29.1. The first-order chi connectivity index (χ1) is 18.8. The van der Waals surface area contributed by atoms with E-state index in [4.69, 9.17) is 4.98 Å². The number of hydrogen-bond donors (Lipinski definition) is 1. The number of nitrogens with zero attached hydrogens (tertiary/aromatic N) is 3. The number of benzene rings is 4. The lowest BCUT2D eigenvalue weighted by atomic mass is 10.0. The molecule has 0 unspecified atom stereocenters. The van der Waals surface area contributed by atoms with Crippen LogP contribution in [-0.2, 0) is 12.8 Å². The van der Waals surface area contributed by atoms with E-state index in [1.54, 1.807) is 0 Å². The number of imidazole rings is 1. The monoisotopic (exact) mass is 516 g/mol. The minimum absolute atomic E-state index is 0.0602. The second kappa shape index (κ2) is 11.0. The van der Waals surface area contributed by atoms with Crippen LogP contribution in [0.1, 0.15) is 31.8 Å². The lowest BCUT2D eigenvalue weighted by Crippen LogP contribution is -2.09. The van der Waals surface area contributed by atoms with Crippen molar-refractivity contribution in [2.45, 2.75) is 12.8 Å². The largest absolute Gasteiger partial charge is 0.378 e. The molecule has 0 radical (unpaired) electrons. The van der Waals surface area contributed by atoms with E-state index in [1.165, 1.54) is 0 Å². The fourth-order valence-corrected chi connectivity index (χ4v) is 4.58. The van der Waals surface area contributed by atoms with Crippen molar-refractivity contribution < 1.29 is 9.59 Å². The van der Waals surface area contributed by atoms with Crippen LogP contribution in [0.5, 0.6) is 0 Å². The third kappa shape index (κ3) is 5.91. The number of anilines is 2. The summed E-state index contributed by atoms with van der Waals surface area (Å²) in [5.74, 6) is 0.824. The second-order valence-corrected chi connectivity index (χ2v) is 10.2. The van der Waals surface area contributed by atoms with E-state index in [-0.39, 0.29) is 11.6 Å². The van der Waals surface area contributed by atoms with Gasteiger partial charge in [-0.1, -0.05) is 36.4 Å². The number of ketones is 2. The Balaban J connectivity index is 1.31. The van der Waals surface area contributed by atoms with Crippen LogP contribution in [0.15, 0.2) is 91.0 Å². The Morgan fingerprint density at radius 3 is 1.92 bits per heavy atom. The van der Waals surface area contributed by atoms with Gasteiger partial charge in [0.25, 0.3) is 0 Å². The van der Waals surface area contributed by atoms with Gasteiger partial charge < -0.3 is 14.8 Å². The molecule has 196 valence electrons. The molecule has 6 heteroatoms. The zero-order valence-corrected chi connectivity index (χ0v) is 22.7. The molecule has 0 saturated carbocycles. The lowest BCUT2D eigenvalue weighted by molar-refractivity contribution is 0.0985. The minimum Gasteiger partial charge on any atom is -0.378 e. The predicted octanol–water partition coefficient (Wildman–Crippen LogP) is 6.21. The van der Waals surface area contributed by atoms with Crippen molar-refractivity contribution >= 4 is 34.0 Å². The normalized spacial score (nSPS) is 11.0. The quantitative estimate of drug-likeness (QED) is 0.236. The van der Waals surface area contributed by atoms with E-state index < -0.39 is 0 Å². The SMILES string of the molecule is CN(C)c1ccc(CC(=O)c2cccc(-c3nc4ccc(CC(=O)c5ccc(N(C)C)cc5)cc4[nH]3)c2)cc1. The molecule has 0 bridgehead atoms. The van der Waals surface area contributed by atoms with Crippen molar-refractivity contribution in [2.24, 2.45) is 0 Å². The number of H-pyrrole nitrogens is 1. The fourth-order valence-electron chi connectivity index (χ4n) is 4.58. The van der Waals surface area contributed by atoms with Gasteiger partial charge in [-0.15, -0.1) is 0 Å². The van der Waals surface area contributed by atoms with Crippen LogP contribution in [-0.4, -0.2) is 49.7 Å². The van der Waals surface area contributed by atoms with E-state index in [2.05, 4.69) is 4.98 Å². The van der Waals surface area contributed by atoms with Crippen LogP contribution in [0, 0.1) is 0 Å². The molecule has 0 fully saturated rings. The summed E-state index contributed by atoms with van der Waals surface area (Å²) < 4.78 is 0. The van der Waals surface area contributed by atoms with E-state index in [0.717, 1.165) is 39.1 Å². The number of fused-ring (bicyclic) bond motifs is 1. The molecular formula is C33H32N4O2. The van der Waals surface area contributed by atoms with Crippen molar-refractivity contribution in [3.05, 3.63) is 113 Å². The summed E-state index contributed by atoms with van der Waals surface area (Å²) in [4.78, 5) is 38.0. The Morgan fingerprint density at radius 2 is 1.26 bits per heavy atom. The van der Waals surface area contributed by atoms with Gasteiger partial charge in [0, 0.05) is 69.1 Å². The number of carbonyl (C=O) groups excluding carboxylic acids is 2. The Morgan fingerprint density at radius 1 is 0.667 bits per heavy atom. The van der Waals surface area contributed by atoms with E-state index in [1.807, 2.05) is 129 Å². The Labute approximate surface area is 228 Å². The van der Waals surface area contributed by atoms with Gasteiger partial charge >= 0.3 is 0 Å². The molecule has 6 nitrogen and oxygen atoms in total. The molecule has 0 amide bonds. The number of aromatic amines is 1.